The summed E-state index contributed by atoms with van der Waals surface area (Å²) in [7, 11) is 4.06. The minimum atomic E-state index is -0.472. The van der Waals surface area contributed by atoms with Crippen molar-refractivity contribution in [2.24, 2.45) is 0 Å². The molecule has 0 amide bonds. The van der Waals surface area contributed by atoms with E-state index in [-0.39, 0.29) is 21.4 Å². The molecule has 0 bridgehead atoms. The highest BCUT2D eigenvalue weighted by atomic mass is 32.2. The van der Waals surface area contributed by atoms with Crippen molar-refractivity contribution in [1.82, 2.24) is 0 Å². The van der Waals surface area contributed by atoms with Gasteiger partial charge in [-0.05, 0) is 30.3 Å². The van der Waals surface area contributed by atoms with Crippen molar-refractivity contribution in [3.8, 4) is 5.75 Å². The van der Waals surface area contributed by atoms with Crippen molar-refractivity contribution >= 4 is 34.6 Å². The molecule has 1 fully saturated rings. The molecule has 1 aliphatic heterocycles. The Labute approximate surface area is 149 Å². The minimum absolute atomic E-state index is 0.197. The Morgan fingerprint density at radius 3 is 2.50 bits per heavy atom. The van der Waals surface area contributed by atoms with Crippen LogP contribution in [0, 0.1) is 0 Å². The zero-order chi connectivity index (χ0) is 17.5. The molecule has 0 aliphatic carbocycles. The van der Waals surface area contributed by atoms with Gasteiger partial charge in [-0.1, -0.05) is 11.8 Å². The summed E-state index contributed by atoms with van der Waals surface area (Å²) >= 11 is 1.83. The van der Waals surface area contributed by atoms with Gasteiger partial charge in [-0.2, -0.15) is 0 Å². The molecular formula is C17H21O5S2+. The lowest BCUT2D eigenvalue weighted by molar-refractivity contribution is -0.139. The number of ether oxygens (including phenoxy) is 3. The molecule has 0 N–H and O–H groups in total. The van der Waals surface area contributed by atoms with Crippen molar-refractivity contribution < 1.29 is 23.8 Å². The molecule has 0 saturated carbocycles. The summed E-state index contributed by atoms with van der Waals surface area (Å²) in [4.78, 5) is 23.6. The molecule has 3 atom stereocenters. The number of esters is 2. The maximum atomic E-state index is 12.2. The van der Waals surface area contributed by atoms with Gasteiger partial charge in [0.05, 0.1) is 21.3 Å². The third-order valence-electron chi connectivity index (χ3n) is 3.62. The van der Waals surface area contributed by atoms with Crippen molar-refractivity contribution in [3.05, 3.63) is 42.0 Å². The van der Waals surface area contributed by atoms with Crippen LogP contribution in [0.1, 0.15) is 10.1 Å². The van der Waals surface area contributed by atoms with E-state index in [0.717, 1.165) is 22.8 Å². The van der Waals surface area contributed by atoms with Gasteiger partial charge in [0.15, 0.2) is 4.58 Å². The first kappa shape index (κ1) is 18.7. The SMILES string of the molecule is COC(=O)C=CC(C(=O)OC)[S+]1CCSC1c1ccc(OC)cc1. The number of hydrogen-bond acceptors (Lipinski definition) is 6. The first-order valence-electron chi connectivity index (χ1n) is 7.38. The zero-order valence-corrected chi connectivity index (χ0v) is 15.5. The van der Waals surface area contributed by atoms with Gasteiger partial charge in [-0.3, -0.25) is 0 Å². The van der Waals surface area contributed by atoms with Crippen LogP contribution in [-0.4, -0.2) is 50.0 Å². The summed E-state index contributed by atoms with van der Waals surface area (Å²) in [6, 6.07) is 7.90. The summed E-state index contributed by atoms with van der Waals surface area (Å²) in [5, 5.41) is -0.448. The van der Waals surface area contributed by atoms with Crippen LogP contribution in [0.5, 0.6) is 5.75 Å². The van der Waals surface area contributed by atoms with E-state index in [4.69, 9.17) is 9.47 Å². The third kappa shape index (κ3) is 4.48. The summed E-state index contributed by atoms with van der Waals surface area (Å²) in [6.45, 7) is 0. The summed E-state index contributed by atoms with van der Waals surface area (Å²) in [5.41, 5.74) is 1.15. The number of benzene rings is 1. The summed E-state index contributed by atoms with van der Waals surface area (Å²) in [6.07, 6.45) is 2.92. The van der Waals surface area contributed by atoms with Crippen molar-refractivity contribution in [2.75, 3.05) is 32.8 Å². The van der Waals surface area contributed by atoms with E-state index in [1.165, 1.54) is 20.3 Å². The van der Waals surface area contributed by atoms with E-state index in [1.54, 1.807) is 13.2 Å². The van der Waals surface area contributed by atoms with Crippen molar-refractivity contribution in [1.29, 1.82) is 0 Å². The van der Waals surface area contributed by atoms with Gasteiger partial charge in [0, 0.05) is 28.3 Å². The third-order valence-corrected chi connectivity index (χ3v) is 8.54. The molecule has 2 rings (SSSR count). The van der Waals surface area contributed by atoms with Gasteiger partial charge in [0.1, 0.15) is 11.5 Å². The lowest BCUT2D eigenvalue weighted by Gasteiger charge is -2.16. The fourth-order valence-electron chi connectivity index (χ4n) is 2.39. The van der Waals surface area contributed by atoms with Crippen LogP contribution in [0.4, 0.5) is 0 Å². The largest absolute Gasteiger partial charge is 0.497 e. The van der Waals surface area contributed by atoms with Crippen LogP contribution >= 0.6 is 11.8 Å². The van der Waals surface area contributed by atoms with Gasteiger partial charge < -0.3 is 14.2 Å². The smallest absolute Gasteiger partial charge is 0.363 e. The molecule has 0 spiro atoms. The van der Waals surface area contributed by atoms with E-state index in [2.05, 4.69) is 4.74 Å². The normalized spacial score (nSPS) is 21.5. The minimum Gasteiger partial charge on any atom is -0.497 e. The Morgan fingerprint density at radius 2 is 1.92 bits per heavy atom. The molecule has 130 valence electrons. The van der Waals surface area contributed by atoms with E-state index in [0.29, 0.717) is 0 Å². The molecule has 0 aromatic heterocycles. The molecule has 0 radical (unpaired) electrons. The second kappa shape index (κ2) is 9.03. The van der Waals surface area contributed by atoms with Gasteiger partial charge >= 0.3 is 11.9 Å². The van der Waals surface area contributed by atoms with Crippen LogP contribution in [0.3, 0.4) is 0 Å². The van der Waals surface area contributed by atoms with Gasteiger partial charge in [0.25, 0.3) is 0 Å². The van der Waals surface area contributed by atoms with Gasteiger partial charge in [-0.25, -0.2) is 9.59 Å². The van der Waals surface area contributed by atoms with Crippen LogP contribution in [0.15, 0.2) is 36.4 Å². The van der Waals surface area contributed by atoms with Crippen LogP contribution in [0.25, 0.3) is 0 Å². The Bertz CT molecular complexity index is 600. The number of carbonyl (C=O) groups is 2. The summed E-state index contributed by atoms with van der Waals surface area (Å²) < 4.78 is 15.0. The highest BCUT2D eigenvalue weighted by molar-refractivity contribution is 8.18. The summed E-state index contributed by atoms with van der Waals surface area (Å²) in [5.74, 6) is 1.89. The predicted molar refractivity (Wildman–Crippen MR) is 97.4 cm³/mol. The molecule has 1 aromatic rings. The molecule has 1 aromatic carbocycles. The average Bonchev–Trinajstić information content (AvgIpc) is 3.10. The lowest BCUT2D eigenvalue weighted by atomic mass is 10.2. The Hall–Kier alpha value is -1.60. The number of methoxy groups -OCH3 is 3. The van der Waals surface area contributed by atoms with Crippen molar-refractivity contribution in [3.63, 3.8) is 0 Å². The fourth-order valence-corrected chi connectivity index (χ4v) is 7.61. The Morgan fingerprint density at radius 1 is 1.21 bits per heavy atom. The van der Waals surface area contributed by atoms with Crippen molar-refractivity contribution in [2.45, 2.75) is 9.83 Å². The topological polar surface area (TPSA) is 61.8 Å². The van der Waals surface area contributed by atoms with Crippen LogP contribution in [-0.2, 0) is 30.0 Å². The second-order valence-corrected chi connectivity index (χ2v) is 8.81. The predicted octanol–water partition coefficient (Wildman–Crippen LogP) is 2.33. The van der Waals surface area contributed by atoms with E-state index < -0.39 is 11.2 Å². The highest BCUT2D eigenvalue weighted by Crippen LogP contribution is 2.44. The van der Waals surface area contributed by atoms with E-state index in [9.17, 15) is 9.59 Å². The molecule has 3 unspecified atom stereocenters. The molecule has 24 heavy (non-hydrogen) atoms. The Kier molecular flexibility index (Phi) is 7.05. The molecular weight excluding hydrogens is 348 g/mol. The van der Waals surface area contributed by atoms with Gasteiger partial charge in [-0.15, -0.1) is 0 Å². The standard InChI is InChI=1S/C17H21O5S2/c1-20-13-6-4-12(5-7-13)17-23-10-11-24(17)14(16(19)22-3)8-9-15(18)21-2/h4-9,14,17H,10-11H2,1-3H3/q+1. The second-order valence-electron chi connectivity index (χ2n) is 4.98. The van der Waals surface area contributed by atoms with E-state index >= 15 is 0 Å². The zero-order valence-electron chi connectivity index (χ0n) is 13.9. The molecule has 5 nitrogen and oxygen atoms in total. The van der Waals surface area contributed by atoms with E-state index in [1.807, 2.05) is 36.0 Å². The molecule has 1 saturated heterocycles. The number of rotatable bonds is 6. The maximum absolute atomic E-state index is 12.2. The Balaban J connectivity index is 2.24. The van der Waals surface area contributed by atoms with Gasteiger partial charge in [0.2, 0.25) is 5.25 Å². The first-order valence-corrected chi connectivity index (χ1v) is 9.95. The highest BCUT2D eigenvalue weighted by Gasteiger charge is 2.47. The fraction of sp³-hybridized carbons (Fsp3) is 0.412. The van der Waals surface area contributed by atoms with Crippen LogP contribution in [0.2, 0.25) is 0 Å². The lowest BCUT2D eigenvalue weighted by Crippen LogP contribution is -2.32. The first-order chi connectivity index (χ1) is 11.6. The average molecular weight is 369 g/mol. The maximum Gasteiger partial charge on any atom is 0.363 e. The number of carbonyl (C=O) groups excluding carboxylic acids is 2. The molecule has 1 aliphatic rings. The molecule has 1 heterocycles. The number of hydrogen-bond donors (Lipinski definition) is 0. The monoisotopic (exact) mass is 369 g/mol. The quantitative estimate of drug-likeness (QED) is 0.436. The molecule has 7 heteroatoms. The van der Waals surface area contributed by atoms with Crippen LogP contribution < -0.4 is 4.74 Å². The number of thioether (sulfide) groups is 1.